The van der Waals surface area contributed by atoms with Crippen molar-refractivity contribution in [1.82, 2.24) is 0 Å². The van der Waals surface area contributed by atoms with Gasteiger partial charge in [0, 0.05) is 0 Å². The van der Waals surface area contributed by atoms with Gasteiger partial charge in [0.05, 0.1) is 14.6 Å². The Morgan fingerprint density at radius 2 is 2.00 bits per heavy atom. The van der Waals surface area contributed by atoms with Crippen LogP contribution in [-0.4, -0.2) is 62.8 Å². The largest absolute Gasteiger partial charge is 0.394 e. The van der Waals surface area contributed by atoms with Gasteiger partial charge in [-0.15, -0.1) is 0 Å². The zero-order valence-electron chi connectivity index (χ0n) is 7.16. The van der Waals surface area contributed by atoms with Gasteiger partial charge < -0.3 is 25.5 Å². The van der Waals surface area contributed by atoms with Gasteiger partial charge in [-0.2, -0.15) is 0 Å². The van der Waals surface area contributed by atoms with Crippen molar-refractivity contribution in [1.29, 1.82) is 0 Å². The average molecular weight is 181 g/mol. The van der Waals surface area contributed by atoms with Crippen LogP contribution in [0, 0.1) is 0 Å². The molecule has 0 amide bonds. The van der Waals surface area contributed by atoms with Gasteiger partial charge in [0.1, 0.15) is 12.2 Å². The highest BCUT2D eigenvalue weighted by Gasteiger charge is 2.39. The summed E-state index contributed by atoms with van der Waals surface area (Å²) in [6, 6.07) is 0. The lowest BCUT2D eigenvalue weighted by Crippen LogP contribution is -2.54. The van der Waals surface area contributed by atoms with Crippen LogP contribution in [0.2, 0.25) is 0 Å². The number of hydrogen-bond acceptors (Lipinski definition) is 6. The van der Waals surface area contributed by atoms with Crippen LogP contribution in [-0.2, 0) is 4.79 Å². The van der Waals surface area contributed by atoms with Crippen LogP contribution in [0.15, 0.2) is 0 Å². The number of hydrogen-bond donors (Lipinski definition) is 5. The molecule has 0 bridgehead atoms. The highest BCUT2D eigenvalue weighted by atomic mass is 16.4. The maximum absolute atomic E-state index is 10.2. The van der Waals surface area contributed by atoms with Crippen molar-refractivity contribution in [2.24, 2.45) is 0 Å². The van der Waals surface area contributed by atoms with Gasteiger partial charge in [-0.05, 0) is 0 Å². The van der Waals surface area contributed by atoms with Crippen molar-refractivity contribution in [3.05, 3.63) is 0 Å². The van der Waals surface area contributed by atoms with E-state index in [2.05, 4.69) is 0 Å². The summed E-state index contributed by atoms with van der Waals surface area (Å²) < 4.78 is 6.65. The highest BCUT2D eigenvalue weighted by molar-refractivity contribution is 5.63. The van der Waals surface area contributed by atoms with E-state index in [1.54, 1.807) is 0 Å². The van der Waals surface area contributed by atoms with Gasteiger partial charge in [-0.25, -0.2) is 0 Å². The van der Waals surface area contributed by atoms with Crippen LogP contribution in [0.4, 0.5) is 0 Å². The fourth-order valence-electron chi connectivity index (χ4n) is 0.585. The second-order valence-electron chi connectivity index (χ2n) is 2.33. The fraction of sp³-hybridized carbons (Fsp3) is 0.833. The minimum absolute atomic E-state index is 0.256. The van der Waals surface area contributed by atoms with Crippen LogP contribution >= 0.6 is 0 Å². The Morgan fingerprint density at radius 1 is 1.50 bits per heavy atom. The van der Waals surface area contributed by atoms with Crippen LogP contribution in [0.5, 0.6) is 0 Å². The van der Waals surface area contributed by atoms with E-state index in [4.69, 9.17) is 26.9 Å². The maximum Gasteiger partial charge on any atom is 0.171 e. The molecular weight excluding hydrogens is 168 g/mol. The normalized spacial score (nSPS) is 24.9. The lowest BCUT2D eigenvalue weighted by atomic mass is 9.95. The molecule has 0 saturated carbocycles. The van der Waals surface area contributed by atoms with Crippen LogP contribution in [0.25, 0.3) is 0 Å². The van der Waals surface area contributed by atoms with Crippen molar-refractivity contribution in [3.63, 3.8) is 0 Å². The monoisotopic (exact) mass is 181 g/mol. The summed E-state index contributed by atoms with van der Waals surface area (Å²) >= 11 is 0. The Morgan fingerprint density at radius 3 is 2.25 bits per heavy atom. The summed E-state index contributed by atoms with van der Waals surface area (Å²) in [6.07, 6.45) is -4.16. The first kappa shape index (κ1) is 9.56. The van der Waals surface area contributed by atoms with E-state index in [1.807, 2.05) is 0 Å². The molecule has 0 aromatic carbocycles. The molecule has 6 nitrogen and oxygen atoms in total. The Balaban J connectivity index is 4.65. The molecule has 72 valence electrons. The first-order chi connectivity index (χ1) is 5.90. The molecule has 0 aromatic heterocycles. The van der Waals surface area contributed by atoms with Crippen LogP contribution < -0.4 is 0 Å². The van der Waals surface area contributed by atoms with Gasteiger partial charge in [0.15, 0.2) is 11.9 Å². The Labute approximate surface area is 70.1 Å². The summed E-state index contributed by atoms with van der Waals surface area (Å²) in [4.78, 5) is 10.2. The minimum Gasteiger partial charge on any atom is -0.394 e. The molecule has 5 N–H and O–H groups in total. The third-order valence-electron chi connectivity index (χ3n) is 1.42. The summed E-state index contributed by atoms with van der Waals surface area (Å²) in [5, 5.41) is 44.0. The molecule has 0 spiro atoms. The van der Waals surface area contributed by atoms with Crippen molar-refractivity contribution in [2.75, 3.05) is 13.2 Å². The summed E-state index contributed by atoms with van der Waals surface area (Å²) in [5.74, 6) is 0. The van der Waals surface area contributed by atoms with E-state index >= 15 is 0 Å². The maximum atomic E-state index is 10.2. The van der Waals surface area contributed by atoms with Gasteiger partial charge in [0.2, 0.25) is 0 Å². The first-order valence-corrected chi connectivity index (χ1v) is 3.16. The number of aldehydes is 1. The van der Waals surface area contributed by atoms with E-state index in [0.29, 0.717) is 0 Å². The van der Waals surface area contributed by atoms with Gasteiger partial charge in [-0.3, -0.25) is 4.79 Å². The highest BCUT2D eigenvalue weighted by Crippen LogP contribution is 2.10. The topological polar surface area (TPSA) is 118 Å². The molecule has 0 aliphatic heterocycles. The van der Waals surface area contributed by atoms with E-state index in [9.17, 15) is 4.79 Å². The lowest BCUT2D eigenvalue weighted by molar-refractivity contribution is -0.162. The smallest absolute Gasteiger partial charge is 0.171 e. The lowest BCUT2D eigenvalue weighted by Gasteiger charge is -2.27. The zero-order chi connectivity index (χ0) is 10.6. The molecule has 0 radical (unpaired) electrons. The van der Waals surface area contributed by atoms with Crippen molar-refractivity contribution in [3.8, 4) is 0 Å². The first-order valence-electron chi connectivity index (χ1n) is 3.74. The molecular formula is C6H12O6. The predicted molar refractivity (Wildman–Crippen MR) is 37.2 cm³/mol. The molecule has 0 fully saturated rings. The van der Waals surface area contributed by atoms with Crippen molar-refractivity contribution >= 4 is 6.29 Å². The predicted octanol–water partition coefficient (Wildman–Crippen LogP) is -3.38. The Bertz CT molecular complexity index is 175. The number of aliphatic hydroxyl groups is 5. The van der Waals surface area contributed by atoms with Crippen molar-refractivity contribution < 1.29 is 31.7 Å². The summed E-state index contributed by atoms with van der Waals surface area (Å²) in [5.41, 5.74) is -2.79. The van der Waals surface area contributed by atoms with Crippen LogP contribution in [0.1, 0.15) is 1.37 Å². The third kappa shape index (κ3) is 2.23. The number of rotatable bonds is 5. The summed E-state index contributed by atoms with van der Waals surface area (Å²) in [7, 11) is 0. The fourth-order valence-corrected chi connectivity index (χ4v) is 0.585. The van der Waals surface area contributed by atoms with Crippen LogP contribution in [0.3, 0.4) is 0 Å². The molecule has 0 rings (SSSR count). The molecule has 6 heteroatoms. The standard InChI is InChI=1S/C6H12O6/c7-1-4(10)5(11)6(12,2-8)3-9/h2,4-5,7,9-12H,1,3H2/t4-,5+,6+/m1/s1/i3D/t3?,4-,5+,6+. The minimum atomic E-state index is -2.79. The Hall–Kier alpha value is -0.530. The number of aliphatic hydroxyl groups excluding tert-OH is 4. The van der Waals surface area contributed by atoms with E-state index in [0.717, 1.165) is 0 Å². The molecule has 1 unspecified atom stereocenters. The second kappa shape index (κ2) is 4.48. The van der Waals surface area contributed by atoms with Crippen molar-refractivity contribution in [2.45, 2.75) is 17.8 Å². The molecule has 0 aromatic rings. The SMILES string of the molecule is [2H]C(O)[C@@](O)(C=O)[C@@H](O)[C@H](O)CO. The molecule has 0 aliphatic rings. The van der Waals surface area contributed by atoms with E-state index in [1.165, 1.54) is 0 Å². The molecule has 4 atom stereocenters. The van der Waals surface area contributed by atoms with E-state index in [-0.39, 0.29) is 6.29 Å². The quantitative estimate of drug-likeness (QED) is 0.282. The number of carbonyl (C=O) groups excluding carboxylic acids is 1. The Kier molecular flexibility index (Phi) is 3.57. The van der Waals surface area contributed by atoms with Gasteiger partial charge in [-0.1, -0.05) is 0 Å². The van der Waals surface area contributed by atoms with E-state index < -0.39 is 31.0 Å². The summed E-state index contributed by atoms with van der Waals surface area (Å²) in [6.45, 7) is -3.19. The van der Waals surface area contributed by atoms with Gasteiger partial charge >= 0.3 is 0 Å². The zero-order valence-corrected chi connectivity index (χ0v) is 6.16. The third-order valence-corrected chi connectivity index (χ3v) is 1.42. The van der Waals surface area contributed by atoms with Gasteiger partial charge in [0.25, 0.3) is 0 Å². The molecule has 0 saturated heterocycles. The average Bonchev–Trinajstić information content (AvgIpc) is 2.13. The molecule has 12 heavy (non-hydrogen) atoms. The molecule has 0 aliphatic carbocycles. The second-order valence-corrected chi connectivity index (χ2v) is 2.33. The number of carbonyl (C=O) groups is 1. The molecule has 0 heterocycles.